The molecule has 0 atom stereocenters. The molecule has 0 radical (unpaired) electrons. The highest BCUT2D eigenvalue weighted by Crippen LogP contribution is 2.35. The standard InChI is InChI=1S/C23H22O6/c1-23(2,13-29-22(27)16-10-6-7-11-18(16)28-3)12-17-19(24)14-8-4-5-9-15(14)20(25)21(17)26/h4-11,24H,12-13H2,1-3H3. The number of carbonyl (C=O) groups is 3. The van der Waals surface area contributed by atoms with Gasteiger partial charge >= 0.3 is 5.97 Å². The summed E-state index contributed by atoms with van der Waals surface area (Å²) in [6.07, 6.45) is 0.0803. The first kappa shape index (κ1) is 20.3. The fourth-order valence-electron chi connectivity index (χ4n) is 3.26. The minimum atomic E-state index is -0.731. The lowest BCUT2D eigenvalue weighted by molar-refractivity contribution is -0.112. The second-order valence-electron chi connectivity index (χ2n) is 7.65. The van der Waals surface area contributed by atoms with Crippen LogP contribution in [0.25, 0.3) is 5.76 Å². The maximum absolute atomic E-state index is 12.5. The van der Waals surface area contributed by atoms with Crippen molar-refractivity contribution in [1.29, 1.82) is 0 Å². The SMILES string of the molecule is COc1ccccc1C(=O)OCC(C)(C)CC1=C(O)c2ccccc2C(=O)C1=O. The van der Waals surface area contributed by atoms with Gasteiger partial charge in [-0.1, -0.05) is 50.2 Å². The molecule has 6 nitrogen and oxygen atoms in total. The zero-order chi connectivity index (χ0) is 21.2. The predicted molar refractivity (Wildman–Crippen MR) is 107 cm³/mol. The van der Waals surface area contributed by atoms with Gasteiger partial charge in [-0.2, -0.15) is 0 Å². The van der Waals surface area contributed by atoms with Crippen molar-refractivity contribution in [3.05, 3.63) is 70.8 Å². The van der Waals surface area contributed by atoms with Crippen LogP contribution in [0.2, 0.25) is 0 Å². The largest absolute Gasteiger partial charge is 0.507 e. The fourth-order valence-corrected chi connectivity index (χ4v) is 3.26. The van der Waals surface area contributed by atoms with Crippen LogP contribution < -0.4 is 4.74 Å². The minimum Gasteiger partial charge on any atom is -0.507 e. The molecule has 1 aliphatic carbocycles. The lowest BCUT2D eigenvalue weighted by atomic mass is 9.79. The molecular weight excluding hydrogens is 372 g/mol. The number of esters is 1. The molecule has 0 bridgehead atoms. The molecule has 1 N–H and O–H groups in total. The second-order valence-corrected chi connectivity index (χ2v) is 7.65. The van der Waals surface area contributed by atoms with Gasteiger partial charge in [-0.25, -0.2) is 4.79 Å². The fraction of sp³-hybridized carbons (Fsp3) is 0.261. The van der Waals surface area contributed by atoms with Crippen molar-refractivity contribution in [3.8, 4) is 5.75 Å². The maximum atomic E-state index is 12.5. The van der Waals surface area contributed by atoms with Crippen molar-refractivity contribution < 1.29 is 29.0 Å². The van der Waals surface area contributed by atoms with Gasteiger partial charge in [0, 0.05) is 22.1 Å². The summed E-state index contributed by atoms with van der Waals surface area (Å²) in [6, 6.07) is 13.2. The zero-order valence-electron chi connectivity index (χ0n) is 16.5. The molecule has 0 aromatic heterocycles. The normalized spacial score (nSPS) is 13.9. The van der Waals surface area contributed by atoms with Crippen LogP contribution >= 0.6 is 0 Å². The smallest absolute Gasteiger partial charge is 0.341 e. The van der Waals surface area contributed by atoms with Crippen LogP contribution in [-0.2, 0) is 9.53 Å². The summed E-state index contributed by atoms with van der Waals surface area (Å²) in [6.45, 7) is 3.58. The number of hydrogen-bond acceptors (Lipinski definition) is 6. The molecule has 150 valence electrons. The number of methoxy groups -OCH3 is 1. The van der Waals surface area contributed by atoms with E-state index >= 15 is 0 Å². The highest BCUT2D eigenvalue weighted by Gasteiger charge is 2.36. The van der Waals surface area contributed by atoms with Crippen molar-refractivity contribution in [2.24, 2.45) is 5.41 Å². The number of allylic oxidation sites excluding steroid dienone is 1. The number of Topliss-reactive ketones (excluding diaryl/α,β-unsaturated/α-hetero) is 2. The topological polar surface area (TPSA) is 89.9 Å². The third kappa shape index (κ3) is 4.06. The number of aliphatic hydroxyl groups is 1. The number of fused-ring (bicyclic) bond motifs is 1. The minimum absolute atomic E-state index is 0.0101. The van der Waals surface area contributed by atoms with Crippen molar-refractivity contribution in [3.63, 3.8) is 0 Å². The number of ketones is 2. The van der Waals surface area contributed by atoms with E-state index in [1.807, 2.05) is 0 Å². The van der Waals surface area contributed by atoms with Gasteiger partial charge in [0.15, 0.2) is 0 Å². The van der Waals surface area contributed by atoms with Gasteiger partial charge in [-0.15, -0.1) is 0 Å². The van der Waals surface area contributed by atoms with Crippen LogP contribution in [0.3, 0.4) is 0 Å². The van der Waals surface area contributed by atoms with Crippen LogP contribution in [0.4, 0.5) is 0 Å². The molecule has 0 aliphatic heterocycles. The van der Waals surface area contributed by atoms with Gasteiger partial charge in [-0.3, -0.25) is 9.59 Å². The van der Waals surface area contributed by atoms with Crippen LogP contribution in [0, 0.1) is 5.41 Å². The van der Waals surface area contributed by atoms with E-state index in [2.05, 4.69) is 0 Å². The predicted octanol–water partition coefficient (Wildman–Crippen LogP) is 4.00. The van der Waals surface area contributed by atoms with Crippen LogP contribution in [0.15, 0.2) is 54.1 Å². The lowest BCUT2D eigenvalue weighted by Gasteiger charge is -2.27. The molecule has 2 aromatic rings. The molecule has 0 fully saturated rings. The number of aliphatic hydroxyl groups excluding tert-OH is 1. The van der Waals surface area contributed by atoms with E-state index in [0.717, 1.165) is 0 Å². The molecule has 3 rings (SSSR count). The lowest BCUT2D eigenvalue weighted by Crippen LogP contribution is -2.29. The van der Waals surface area contributed by atoms with Crippen LogP contribution in [0.5, 0.6) is 5.75 Å². The third-order valence-electron chi connectivity index (χ3n) is 4.77. The van der Waals surface area contributed by atoms with Crippen LogP contribution in [-0.4, -0.2) is 36.4 Å². The Kier molecular flexibility index (Phi) is 5.55. The third-order valence-corrected chi connectivity index (χ3v) is 4.77. The van der Waals surface area contributed by atoms with Gasteiger partial charge in [-0.05, 0) is 18.6 Å². The Morgan fingerprint density at radius 2 is 1.59 bits per heavy atom. The summed E-state index contributed by atoms with van der Waals surface area (Å²) in [4.78, 5) is 37.3. The molecule has 2 aromatic carbocycles. The Hall–Kier alpha value is -3.41. The Balaban J connectivity index is 1.78. The maximum Gasteiger partial charge on any atom is 0.341 e. The van der Waals surface area contributed by atoms with E-state index in [4.69, 9.17) is 9.47 Å². The average molecular weight is 394 g/mol. The van der Waals surface area contributed by atoms with Gasteiger partial charge in [0.05, 0.1) is 13.7 Å². The van der Waals surface area contributed by atoms with Crippen molar-refractivity contribution in [1.82, 2.24) is 0 Å². The van der Waals surface area contributed by atoms with E-state index in [1.54, 1.807) is 56.3 Å². The first-order chi connectivity index (χ1) is 13.7. The number of ether oxygens (including phenoxy) is 2. The van der Waals surface area contributed by atoms with E-state index in [0.29, 0.717) is 16.9 Å². The van der Waals surface area contributed by atoms with Gasteiger partial charge in [0.1, 0.15) is 17.1 Å². The quantitative estimate of drug-likeness (QED) is 0.588. The second kappa shape index (κ2) is 7.91. The summed E-state index contributed by atoms with van der Waals surface area (Å²) < 4.78 is 10.6. The van der Waals surface area contributed by atoms with Gasteiger partial charge < -0.3 is 14.6 Å². The van der Waals surface area contributed by atoms with Crippen molar-refractivity contribution in [2.75, 3.05) is 13.7 Å². The Morgan fingerprint density at radius 3 is 2.28 bits per heavy atom. The molecular formula is C23H22O6. The van der Waals surface area contributed by atoms with Gasteiger partial charge in [0.25, 0.3) is 0 Å². The summed E-state index contributed by atoms with van der Waals surface area (Å²) in [5, 5.41) is 10.6. The number of carbonyl (C=O) groups excluding carboxylic acids is 3. The Morgan fingerprint density at radius 1 is 0.966 bits per heavy atom. The highest BCUT2D eigenvalue weighted by atomic mass is 16.5. The Labute approximate surface area is 168 Å². The van der Waals surface area contributed by atoms with Gasteiger partial charge in [0.2, 0.25) is 11.6 Å². The molecule has 0 spiro atoms. The number of rotatable bonds is 6. The summed E-state index contributed by atoms with van der Waals surface area (Å²) in [5.74, 6) is -1.72. The summed E-state index contributed by atoms with van der Waals surface area (Å²) in [5.41, 5.74) is 0.175. The number of hydrogen-bond donors (Lipinski definition) is 1. The average Bonchev–Trinajstić information content (AvgIpc) is 2.73. The molecule has 0 unspecified atom stereocenters. The van der Waals surface area contributed by atoms with Crippen LogP contribution in [0.1, 0.15) is 46.5 Å². The molecule has 0 amide bonds. The highest BCUT2D eigenvalue weighted by molar-refractivity contribution is 6.52. The Bertz CT molecular complexity index is 1020. The zero-order valence-corrected chi connectivity index (χ0v) is 16.5. The monoisotopic (exact) mass is 394 g/mol. The summed E-state index contributed by atoms with van der Waals surface area (Å²) in [7, 11) is 1.47. The first-order valence-electron chi connectivity index (χ1n) is 9.16. The van der Waals surface area contributed by atoms with E-state index in [9.17, 15) is 19.5 Å². The van der Waals surface area contributed by atoms with E-state index < -0.39 is 23.0 Å². The number of benzene rings is 2. The molecule has 0 saturated carbocycles. The molecule has 1 aliphatic rings. The van der Waals surface area contributed by atoms with E-state index in [1.165, 1.54) is 13.2 Å². The van der Waals surface area contributed by atoms with Crippen molar-refractivity contribution in [2.45, 2.75) is 20.3 Å². The molecule has 29 heavy (non-hydrogen) atoms. The van der Waals surface area contributed by atoms with Crippen molar-refractivity contribution >= 4 is 23.3 Å². The first-order valence-corrected chi connectivity index (χ1v) is 9.16. The molecule has 0 saturated heterocycles. The summed E-state index contributed by atoms with van der Waals surface area (Å²) >= 11 is 0. The molecule has 0 heterocycles. The van der Waals surface area contributed by atoms with E-state index in [-0.39, 0.29) is 29.9 Å². The molecule has 6 heteroatoms. The number of para-hydroxylation sites is 1.